The van der Waals surface area contributed by atoms with Gasteiger partial charge in [-0.25, -0.2) is 0 Å². The molecule has 0 radical (unpaired) electrons. The van der Waals surface area contributed by atoms with Crippen molar-refractivity contribution in [3.8, 4) is 0 Å². The van der Waals surface area contributed by atoms with E-state index in [9.17, 15) is 4.79 Å². The first-order chi connectivity index (χ1) is 8.60. The number of nitrogens with zero attached hydrogens (tertiary/aromatic N) is 1. The van der Waals surface area contributed by atoms with Gasteiger partial charge in [-0.2, -0.15) is 0 Å². The molecule has 1 aromatic carbocycles. The van der Waals surface area contributed by atoms with Gasteiger partial charge in [0.15, 0.2) is 0 Å². The summed E-state index contributed by atoms with van der Waals surface area (Å²) in [5.74, 6) is 0.813. The Bertz CT molecular complexity index is 427. The lowest BCUT2D eigenvalue weighted by Crippen LogP contribution is -2.39. The minimum atomic E-state index is 0.148. The normalized spacial score (nSPS) is 19.9. The summed E-state index contributed by atoms with van der Waals surface area (Å²) < 4.78 is 1.87. The summed E-state index contributed by atoms with van der Waals surface area (Å²) in [7, 11) is 0. The van der Waals surface area contributed by atoms with Gasteiger partial charge in [0.25, 0.3) is 5.91 Å². The van der Waals surface area contributed by atoms with Gasteiger partial charge in [0.1, 0.15) is 0 Å². The number of rotatable bonds is 2. The molecule has 1 fully saturated rings. The third-order valence-corrected chi connectivity index (χ3v) is 4.41. The van der Waals surface area contributed by atoms with E-state index in [2.05, 4.69) is 38.8 Å². The van der Waals surface area contributed by atoms with Crippen molar-refractivity contribution >= 4 is 37.8 Å². The molecule has 0 saturated carbocycles. The highest BCUT2D eigenvalue weighted by molar-refractivity contribution is 9.11. The smallest absolute Gasteiger partial charge is 0.253 e. The van der Waals surface area contributed by atoms with Crippen LogP contribution in [0.25, 0.3) is 0 Å². The van der Waals surface area contributed by atoms with Gasteiger partial charge in [0.05, 0.1) is 0 Å². The molecule has 1 unspecified atom stereocenters. The fraction of sp³-hybridized carbons (Fsp3) is 0.500. The molecule has 1 heterocycles. The largest absolute Gasteiger partial charge is 0.338 e. The number of halogens is 2. The van der Waals surface area contributed by atoms with Crippen molar-refractivity contribution in [2.24, 2.45) is 5.92 Å². The molecule has 1 amide bonds. The van der Waals surface area contributed by atoms with Gasteiger partial charge in [-0.05, 0) is 37.0 Å². The Kier molecular flexibility index (Phi) is 4.84. The van der Waals surface area contributed by atoms with Crippen LogP contribution in [0, 0.1) is 5.92 Å². The van der Waals surface area contributed by atoms with E-state index in [1.54, 1.807) is 0 Å². The molecule has 0 bridgehead atoms. The van der Waals surface area contributed by atoms with Crippen LogP contribution < -0.4 is 0 Å². The number of hydrogen-bond donors (Lipinski definition) is 0. The molecule has 1 atom stereocenters. The first-order valence-electron chi connectivity index (χ1n) is 6.35. The number of likely N-dealkylation sites (tertiary alicyclic amines) is 1. The highest BCUT2D eigenvalue weighted by Gasteiger charge is 2.23. The van der Waals surface area contributed by atoms with E-state index in [4.69, 9.17) is 0 Å². The summed E-state index contributed by atoms with van der Waals surface area (Å²) in [6.07, 6.45) is 3.54. The molecule has 0 N–H and O–H groups in total. The maximum atomic E-state index is 12.4. The molecule has 4 heteroatoms. The van der Waals surface area contributed by atoms with Crippen molar-refractivity contribution in [2.45, 2.75) is 26.2 Å². The van der Waals surface area contributed by atoms with Crippen LogP contribution in [0.1, 0.15) is 36.5 Å². The zero-order valence-corrected chi connectivity index (χ0v) is 13.6. The van der Waals surface area contributed by atoms with E-state index >= 15 is 0 Å². The summed E-state index contributed by atoms with van der Waals surface area (Å²) in [6, 6.07) is 5.73. The fourth-order valence-corrected chi connectivity index (χ4v) is 3.74. The maximum Gasteiger partial charge on any atom is 0.253 e. The quantitative estimate of drug-likeness (QED) is 0.747. The van der Waals surface area contributed by atoms with Gasteiger partial charge in [0.2, 0.25) is 0 Å². The molecule has 1 aromatic rings. The molecular formula is C14H17Br2NO. The molecule has 98 valence electrons. The Morgan fingerprint density at radius 2 is 2.00 bits per heavy atom. The average Bonchev–Trinajstić information content (AvgIpc) is 2.37. The average molecular weight is 375 g/mol. The van der Waals surface area contributed by atoms with E-state index < -0.39 is 0 Å². The first kappa shape index (κ1) is 14.1. The maximum absolute atomic E-state index is 12.4. The standard InChI is InChI=1S/C14H17Br2NO/c1-2-10-4-3-5-17(9-10)14(18)11-6-12(15)8-13(16)7-11/h6-8,10H,2-5,9H2,1H3. The van der Waals surface area contributed by atoms with Crippen LogP contribution in [0.15, 0.2) is 27.1 Å². The Morgan fingerprint density at radius 3 is 2.61 bits per heavy atom. The Balaban J connectivity index is 2.15. The summed E-state index contributed by atoms with van der Waals surface area (Å²) >= 11 is 6.86. The summed E-state index contributed by atoms with van der Waals surface area (Å²) in [4.78, 5) is 14.4. The Labute approximate surface area is 125 Å². The van der Waals surface area contributed by atoms with Gasteiger partial charge in [-0.1, -0.05) is 45.2 Å². The van der Waals surface area contributed by atoms with Crippen LogP contribution in [-0.2, 0) is 0 Å². The number of carbonyl (C=O) groups is 1. The number of carbonyl (C=O) groups excluding carboxylic acids is 1. The van der Waals surface area contributed by atoms with E-state index in [1.165, 1.54) is 6.42 Å². The van der Waals surface area contributed by atoms with Gasteiger partial charge in [-0.15, -0.1) is 0 Å². The van der Waals surface area contributed by atoms with Crippen LogP contribution in [0.5, 0.6) is 0 Å². The fourth-order valence-electron chi connectivity index (χ4n) is 2.44. The summed E-state index contributed by atoms with van der Waals surface area (Å²) in [5, 5.41) is 0. The molecule has 1 aliphatic rings. The van der Waals surface area contributed by atoms with Crippen molar-refractivity contribution in [2.75, 3.05) is 13.1 Å². The molecule has 18 heavy (non-hydrogen) atoms. The molecule has 0 aromatic heterocycles. The van der Waals surface area contributed by atoms with Crippen LogP contribution in [0.2, 0.25) is 0 Å². The minimum Gasteiger partial charge on any atom is -0.338 e. The Hall–Kier alpha value is -0.350. The highest BCUT2D eigenvalue weighted by Crippen LogP contribution is 2.24. The number of benzene rings is 1. The van der Waals surface area contributed by atoms with Gasteiger partial charge < -0.3 is 4.90 Å². The third-order valence-electron chi connectivity index (χ3n) is 3.49. The molecule has 1 aliphatic heterocycles. The van der Waals surface area contributed by atoms with Crippen molar-refractivity contribution in [1.82, 2.24) is 4.90 Å². The van der Waals surface area contributed by atoms with E-state index in [0.29, 0.717) is 5.92 Å². The van der Waals surface area contributed by atoms with Crippen LogP contribution in [-0.4, -0.2) is 23.9 Å². The van der Waals surface area contributed by atoms with Gasteiger partial charge >= 0.3 is 0 Å². The lowest BCUT2D eigenvalue weighted by Gasteiger charge is -2.32. The molecule has 2 rings (SSSR count). The second kappa shape index (κ2) is 6.20. The zero-order chi connectivity index (χ0) is 13.1. The number of amides is 1. The summed E-state index contributed by atoms with van der Waals surface area (Å²) in [6.45, 7) is 3.99. The first-order valence-corrected chi connectivity index (χ1v) is 7.94. The van der Waals surface area contributed by atoms with Crippen molar-refractivity contribution in [1.29, 1.82) is 0 Å². The predicted octanol–water partition coefficient (Wildman–Crippen LogP) is 4.47. The lowest BCUT2D eigenvalue weighted by molar-refractivity contribution is 0.0671. The van der Waals surface area contributed by atoms with Crippen molar-refractivity contribution in [3.63, 3.8) is 0 Å². The SMILES string of the molecule is CCC1CCCN(C(=O)c2cc(Br)cc(Br)c2)C1. The molecule has 0 aliphatic carbocycles. The highest BCUT2D eigenvalue weighted by atomic mass is 79.9. The number of hydrogen-bond acceptors (Lipinski definition) is 1. The number of piperidine rings is 1. The summed E-state index contributed by atoms with van der Waals surface area (Å²) in [5.41, 5.74) is 0.757. The van der Waals surface area contributed by atoms with Crippen LogP contribution >= 0.6 is 31.9 Å². The van der Waals surface area contributed by atoms with E-state index in [0.717, 1.165) is 40.4 Å². The van der Waals surface area contributed by atoms with Crippen LogP contribution in [0.3, 0.4) is 0 Å². The second-order valence-corrected chi connectivity index (χ2v) is 6.66. The molecular weight excluding hydrogens is 358 g/mol. The Morgan fingerprint density at radius 1 is 1.33 bits per heavy atom. The lowest BCUT2D eigenvalue weighted by atomic mass is 9.95. The monoisotopic (exact) mass is 373 g/mol. The molecule has 2 nitrogen and oxygen atoms in total. The van der Waals surface area contributed by atoms with Crippen molar-refractivity contribution < 1.29 is 4.79 Å². The van der Waals surface area contributed by atoms with Gasteiger partial charge in [0, 0.05) is 27.6 Å². The topological polar surface area (TPSA) is 20.3 Å². The predicted molar refractivity (Wildman–Crippen MR) is 80.8 cm³/mol. The van der Waals surface area contributed by atoms with E-state index in [-0.39, 0.29) is 5.91 Å². The van der Waals surface area contributed by atoms with E-state index in [1.807, 2.05) is 23.1 Å². The van der Waals surface area contributed by atoms with Gasteiger partial charge in [-0.3, -0.25) is 4.79 Å². The zero-order valence-electron chi connectivity index (χ0n) is 10.5. The third kappa shape index (κ3) is 3.35. The molecule has 1 saturated heterocycles. The van der Waals surface area contributed by atoms with Crippen molar-refractivity contribution in [3.05, 3.63) is 32.7 Å². The second-order valence-electron chi connectivity index (χ2n) is 4.83. The molecule has 0 spiro atoms. The van der Waals surface area contributed by atoms with Crippen LogP contribution in [0.4, 0.5) is 0 Å². The minimum absolute atomic E-state index is 0.148.